The number of carbonyl (C=O) groups is 1. The van der Waals surface area contributed by atoms with E-state index in [0.29, 0.717) is 41.6 Å². The topological polar surface area (TPSA) is 97.7 Å². The van der Waals surface area contributed by atoms with E-state index in [1.54, 1.807) is 41.2 Å². The van der Waals surface area contributed by atoms with Crippen molar-refractivity contribution in [2.45, 2.75) is 68.9 Å². The molecule has 1 amide bonds. The van der Waals surface area contributed by atoms with Crippen LogP contribution < -0.4 is 10.5 Å². The number of nitrogens with zero attached hydrogens (tertiary/aromatic N) is 1. The molecule has 3 atom stereocenters. The zero-order valence-electron chi connectivity index (χ0n) is 22.6. The number of ether oxygens (including phenoxy) is 1. The predicted octanol–water partition coefficient (Wildman–Crippen LogP) is 5.52. The maximum Gasteiger partial charge on any atom is 0.425 e. The Morgan fingerprint density at radius 3 is 2.44 bits per heavy atom. The highest BCUT2D eigenvalue weighted by Gasteiger charge is 2.61. The molecule has 4 saturated carbocycles. The summed E-state index contributed by atoms with van der Waals surface area (Å²) in [6.07, 6.45) is 4.82. The average molecular weight is 567 g/mol. The van der Waals surface area contributed by atoms with Crippen molar-refractivity contribution in [3.63, 3.8) is 0 Å². The summed E-state index contributed by atoms with van der Waals surface area (Å²) in [5.74, 6) is 0.746. The van der Waals surface area contributed by atoms with Crippen molar-refractivity contribution in [3.8, 4) is 28.0 Å². The van der Waals surface area contributed by atoms with Gasteiger partial charge in [-0.25, -0.2) is 0 Å². The van der Waals surface area contributed by atoms with Gasteiger partial charge in [-0.05, 0) is 97.1 Å². The highest BCUT2D eigenvalue weighted by Crippen LogP contribution is 2.63. The van der Waals surface area contributed by atoms with Crippen LogP contribution in [0.5, 0.6) is 5.75 Å². The number of nitrogens with two attached hydrogens (primary N) is 1. The number of hydrogen-bond donors (Lipinski definition) is 3. The Hall–Kier alpha value is -3.30. The normalized spacial score (nSPS) is 31.2. The van der Waals surface area contributed by atoms with Gasteiger partial charge in [-0.1, -0.05) is 24.3 Å². The molecule has 0 saturated heterocycles. The molecule has 0 spiro atoms. The number of carbonyl (C=O) groups excluding carboxylic acids is 1. The fraction of sp³-hybridized carbons (Fsp3) is 0.469. The zero-order valence-corrected chi connectivity index (χ0v) is 22.6. The molecule has 4 bridgehead atoms. The Bertz CT molecular complexity index is 1530. The first kappa shape index (κ1) is 26.6. The lowest BCUT2D eigenvalue weighted by molar-refractivity contribution is -0.246. The summed E-state index contributed by atoms with van der Waals surface area (Å²) in [6, 6.07) is 10.8. The molecule has 5 aliphatic rings. The van der Waals surface area contributed by atoms with E-state index in [2.05, 4.69) is 0 Å². The third-order valence-corrected chi connectivity index (χ3v) is 9.95. The minimum Gasteiger partial charge on any atom is -0.494 e. The minimum atomic E-state index is -4.98. The minimum absolute atomic E-state index is 0.00663. The van der Waals surface area contributed by atoms with Gasteiger partial charge in [0.25, 0.3) is 0 Å². The molecule has 41 heavy (non-hydrogen) atoms. The van der Waals surface area contributed by atoms with Crippen LogP contribution in [0.4, 0.5) is 13.2 Å². The lowest BCUT2D eigenvalue weighted by Gasteiger charge is -2.60. The quantitative estimate of drug-likeness (QED) is 0.351. The second-order valence-corrected chi connectivity index (χ2v) is 13.0. The van der Waals surface area contributed by atoms with Crippen molar-refractivity contribution in [2.24, 2.45) is 23.0 Å². The number of amides is 1. The van der Waals surface area contributed by atoms with Crippen LogP contribution in [0.1, 0.15) is 56.1 Å². The standard InChI is InChI=1S/C32H33F3N2O4/c33-32(34,35)31(40)25-4-2-1-3-23(25)28-24(21-5-7-37(16-21)17-27(36)38)10-22(11-26(28)31)41-8-6-29-12-19-9-20(13-29)15-30(39,14-19)18-29/h1-5,7,10-11,16,19-20,39-40H,6,8-9,12-15,17-18H2,(H2,36,38)/t19?,20?,29?,30?,31-/m1/s1. The van der Waals surface area contributed by atoms with Gasteiger partial charge in [0.1, 0.15) is 12.3 Å². The van der Waals surface area contributed by atoms with Gasteiger partial charge < -0.3 is 25.3 Å². The van der Waals surface area contributed by atoms with E-state index in [4.69, 9.17) is 10.5 Å². The SMILES string of the molecule is NC(=O)Cn1ccc(-c2cc(OCCC34CC5CC(CC(O)(C5)C3)C4)cc3c2-c2ccccc2[C@]3(O)C(F)(F)F)c1. The molecule has 6 nitrogen and oxygen atoms in total. The Kier molecular flexibility index (Phi) is 5.74. The maximum absolute atomic E-state index is 14.7. The smallest absolute Gasteiger partial charge is 0.425 e. The van der Waals surface area contributed by atoms with Crippen LogP contribution in [-0.4, -0.2) is 39.1 Å². The van der Waals surface area contributed by atoms with Crippen molar-refractivity contribution in [1.82, 2.24) is 4.57 Å². The summed E-state index contributed by atoms with van der Waals surface area (Å²) < 4.78 is 51.7. The van der Waals surface area contributed by atoms with E-state index in [9.17, 15) is 28.2 Å². The monoisotopic (exact) mass is 566 g/mol. The summed E-state index contributed by atoms with van der Waals surface area (Å²) in [5, 5.41) is 22.5. The van der Waals surface area contributed by atoms with Crippen molar-refractivity contribution in [2.75, 3.05) is 6.61 Å². The molecule has 8 rings (SSSR count). The molecule has 3 aromatic rings. The zero-order chi connectivity index (χ0) is 28.8. The Labute approximate surface area is 235 Å². The van der Waals surface area contributed by atoms with E-state index in [-0.39, 0.29) is 34.4 Å². The van der Waals surface area contributed by atoms with Crippen LogP contribution in [0.3, 0.4) is 0 Å². The maximum atomic E-state index is 14.7. The molecule has 5 aliphatic carbocycles. The number of aromatic nitrogens is 1. The predicted molar refractivity (Wildman–Crippen MR) is 146 cm³/mol. The van der Waals surface area contributed by atoms with Gasteiger partial charge in [0, 0.05) is 29.1 Å². The molecule has 216 valence electrons. The number of halogens is 3. The lowest BCUT2D eigenvalue weighted by atomic mass is 9.47. The summed E-state index contributed by atoms with van der Waals surface area (Å²) in [5.41, 5.74) is 2.68. The van der Waals surface area contributed by atoms with Gasteiger partial charge in [-0.15, -0.1) is 0 Å². The molecule has 4 fully saturated rings. The molecule has 9 heteroatoms. The number of alkyl halides is 3. The number of benzene rings is 2. The van der Waals surface area contributed by atoms with Gasteiger partial charge in [-0.3, -0.25) is 4.79 Å². The largest absolute Gasteiger partial charge is 0.494 e. The number of fused-ring (bicyclic) bond motifs is 3. The third kappa shape index (κ3) is 4.19. The molecule has 0 radical (unpaired) electrons. The Balaban J connectivity index is 1.27. The number of primary amides is 1. The Morgan fingerprint density at radius 2 is 1.76 bits per heavy atom. The van der Waals surface area contributed by atoms with Gasteiger partial charge >= 0.3 is 6.18 Å². The first-order valence-electron chi connectivity index (χ1n) is 14.3. The van der Waals surface area contributed by atoms with E-state index in [1.165, 1.54) is 24.6 Å². The lowest BCUT2D eigenvalue weighted by Crippen LogP contribution is -2.55. The van der Waals surface area contributed by atoms with Crippen molar-refractivity contribution in [3.05, 3.63) is 66.0 Å². The van der Waals surface area contributed by atoms with E-state index >= 15 is 0 Å². The summed E-state index contributed by atoms with van der Waals surface area (Å²) in [7, 11) is 0. The van der Waals surface area contributed by atoms with Crippen molar-refractivity contribution < 1.29 is 32.9 Å². The number of rotatable bonds is 7. The number of aliphatic hydroxyl groups is 2. The van der Waals surface area contributed by atoms with Crippen LogP contribution in [0.15, 0.2) is 54.9 Å². The van der Waals surface area contributed by atoms with Gasteiger partial charge in [0.05, 0.1) is 12.2 Å². The summed E-state index contributed by atoms with van der Waals surface area (Å²) >= 11 is 0. The first-order valence-corrected chi connectivity index (χ1v) is 14.3. The third-order valence-electron chi connectivity index (χ3n) is 9.95. The summed E-state index contributed by atoms with van der Waals surface area (Å²) in [6.45, 7) is 0.228. The molecular formula is C32H33F3N2O4. The van der Waals surface area contributed by atoms with Gasteiger partial charge in [0.2, 0.25) is 11.5 Å². The average Bonchev–Trinajstić information content (AvgIpc) is 3.43. The van der Waals surface area contributed by atoms with Gasteiger partial charge in [-0.2, -0.15) is 13.2 Å². The van der Waals surface area contributed by atoms with Crippen molar-refractivity contribution >= 4 is 5.91 Å². The molecule has 1 aromatic heterocycles. The van der Waals surface area contributed by atoms with Crippen LogP contribution in [0.2, 0.25) is 0 Å². The van der Waals surface area contributed by atoms with Crippen LogP contribution >= 0.6 is 0 Å². The fourth-order valence-corrected chi connectivity index (χ4v) is 8.93. The Morgan fingerprint density at radius 1 is 1.02 bits per heavy atom. The molecule has 4 N–H and O–H groups in total. The molecule has 1 heterocycles. The second-order valence-electron chi connectivity index (χ2n) is 13.0. The highest BCUT2D eigenvalue weighted by molar-refractivity contribution is 5.93. The molecule has 2 aromatic carbocycles. The second kappa shape index (κ2) is 8.85. The van der Waals surface area contributed by atoms with Crippen LogP contribution in [0, 0.1) is 17.3 Å². The van der Waals surface area contributed by atoms with Crippen LogP contribution in [-0.2, 0) is 16.9 Å². The molecule has 2 unspecified atom stereocenters. The van der Waals surface area contributed by atoms with E-state index in [0.717, 1.165) is 32.1 Å². The van der Waals surface area contributed by atoms with Crippen molar-refractivity contribution in [1.29, 1.82) is 0 Å². The van der Waals surface area contributed by atoms with Gasteiger partial charge in [0.15, 0.2) is 0 Å². The van der Waals surface area contributed by atoms with E-state index in [1.807, 2.05) is 0 Å². The van der Waals surface area contributed by atoms with Crippen LogP contribution in [0.25, 0.3) is 22.3 Å². The number of hydrogen-bond acceptors (Lipinski definition) is 4. The highest BCUT2D eigenvalue weighted by atomic mass is 19.4. The molecule has 0 aliphatic heterocycles. The molecular weight excluding hydrogens is 533 g/mol. The van der Waals surface area contributed by atoms with E-state index < -0.39 is 23.3 Å². The summed E-state index contributed by atoms with van der Waals surface area (Å²) in [4.78, 5) is 11.5. The fourth-order valence-electron chi connectivity index (χ4n) is 8.93. The first-order chi connectivity index (χ1) is 19.4.